The highest BCUT2D eigenvalue weighted by molar-refractivity contribution is 7.11. The van der Waals surface area contributed by atoms with Gasteiger partial charge in [0.2, 0.25) is 0 Å². The van der Waals surface area contributed by atoms with Crippen molar-refractivity contribution in [3.05, 3.63) is 62.5 Å². The topological polar surface area (TPSA) is 98.0 Å². The molecule has 30 heavy (non-hydrogen) atoms. The zero-order chi connectivity index (χ0) is 21.4. The van der Waals surface area contributed by atoms with Gasteiger partial charge in [-0.15, -0.1) is 11.3 Å². The first kappa shape index (κ1) is 20.9. The predicted molar refractivity (Wildman–Crippen MR) is 108 cm³/mol. The second-order valence-electron chi connectivity index (χ2n) is 6.98. The van der Waals surface area contributed by atoms with E-state index >= 15 is 0 Å². The summed E-state index contributed by atoms with van der Waals surface area (Å²) in [6, 6.07) is 2.67. The summed E-state index contributed by atoms with van der Waals surface area (Å²) in [6.45, 7) is 0.106. The van der Waals surface area contributed by atoms with E-state index in [1.165, 1.54) is 23.5 Å². The van der Waals surface area contributed by atoms with Gasteiger partial charge >= 0.3 is 5.97 Å². The maximum absolute atomic E-state index is 13.8. The van der Waals surface area contributed by atoms with E-state index in [0.717, 1.165) is 6.07 Å². The molecule has 0 bridgehead atoms. The van der Waals surface area contributed by atoms with Crippen molar-refractivity contribution in [3.8, 4) is 0 Å². The molecule has 1 aromatic heterocycles. The molecule has 0 aliphatic carbocycles. The van der Waals surface area contributed by atoms with Gasteiger partial charge in [0.15, 0.2) is 10.8 Å². The zero-order valence-electron chi connectivity index (χ0n) is 15.4. The first-order valence-corrected chi connectivity index (χ1v) is 10.3. The van der Waals surface area contributed by atoms with Crippen LogP contribution in [0.15, 0.2) is 46.0 Å². The number of likely N-dealkylation sites (tertiary alicyclic amines) is 1. The third kappa shape index (κ3) is 4.08. The van der Waals surface area contributed by atoms with Gasteiger partial charge in [0, 0.05) is 47.5 Å². The van der Waals surface area contributed by atoms with Crippen LogP contribution in [0.2, 0.25) is 5.02 Å². The molecule has 0 amide bonds. The lowest BCUT2D eigenvalue weighted by molar-refractivity contribution is -0.133. The number of aliphatic carboxylic acids is 1. The number of carboxylic acids is 1. The Balaban J connectivity index is 1.79. The summed E-state index contributed by atoms with van der Waals surface area (Å²) in [5, 5.41) is 25.0. The molecule has 158 valence electrons. The highest BCUT2D eigenvalue weighted by Gasteiger charge is 2.36. The molecule has 2 aromatic rings. The SMILES string of the molecule is O=C(O)C1=C(CN2C[C@@H](O)[C@H](F)C2)NC(c2nccs2)=NC1c1ccc(F)cc1Cl. The lowest BCUT2D eigenvalue weighted by Crippen LogP contribution is -2.39. The van der Waals surface area contributed by atoms with Crippen LogP contribution in [0.4, 0.5) is 8.78 Å². The smallest absolute Gasteiger partial charge is 0.335 e. The Morgan fingerprint density at radius 3 is 2.80 bits per heavy atom. The Kier molecular flexibility index (Phi) is 5.83. The predicted octanol–water partition coefficient (Wildman–Crippen LogP) is 2.38. The second-order valence-corrected chi connectivity index (χ2v) is 8.28. The molecule has 0 spiro atoms. The maximum Gasteiger partial charge on any atom is 0.335 e. The van der Waals surface area contributed by atoms with Gasteiger partial charge in [-0.2, -0.15) is 0 Å². The Bertz CT molecular complexity index is 1020. The van der Waals surface area contributed by atoms with Crippen molar-refractivity contribution >= 4 is 34.7 Å². The number of carboxylic acid groups (broad SMARTS) is 1. The molecule has 1 aromatic carbocycles. The molecule has 1 unspecified atom stereocenters. The monoisotopic (exact) mass is 454 g/mol. The molecule has 0 radical (unpaired) electrons. The molecule has 1 saturated heterocycles. The van der Waals surface area contributed by atoms with Crippen LogP contribution >= 0.6 is 22.9 Å². The highest BCUT2D eigenvalue weighted by atomic mass is 35.5. The number of nitrogens with zero attached hydrogens (tertiary/aromatic N) is 3. The molecular weight excluding hydrogens is 438 g/mol. The van der Waals surface area contributed by atoms with Crippen LogP contribution < -0.4 is 5.32 Å². The van der Waals surface area contributed by atoms with Crippen molar-refractivity contribution in [2.45, 2.75) is 18.3 Å². The number of aliphatic hydroxyl groups is 1. The van der Waals surface area contributed by atoms with Crippen molar-refractivity contribution in [2.24, 2.45) is 4.99 Å². The maximum atomic E-state index is 13.8. The number of aliphatic hydroxyl groups excluding tert-OH is 1. The van der Waals surface area contributed by atoms with Gasteiger partial charge in [-0.3, -0.25) is 9.89 Å². The number of benzene rings is 1. The summed E-state index contributed by atoms with van der Waals surface area (Å²) in [7, 11) is 0. The fraction of sp³-hybridized carbons (Fsp3) is 0.316. The van der Waals surface area contributed by atoms with E-state index in [-0.39, 0.29) is 35.9 Å². The molecule has 4 rings (SSSR count). The molecule has 2 aliphatic heterocycles. The van der Waals surface area contributed by atoms with Gasteiger partial charge in [-0.1, -0.05) is 17.7 Å². The van der Waals surface area contributed by atoms with Crippen LogP contribution in [0.5, 0.6) is 0 Å². The van der Waals surface area contributed by atoms with Crippen LogP contribution in [0.1, 0.15) is 16.6 Å². The van der Waals surface area contributed by atoms with E-state index in [4.69, 9.17) is 11.6 Å². The van der Waals surface area contributed by atoms with Crippen LogP contribution in [-0.2, 0) is 4.79 Å². The normalized spacial score (nSPS) is 24.7. The van der Waals surface area contributed by atoms with Crippen molar-refractivity contribution in [1.82, 2.24) is 15.2 Å². The number of rotatable bonds is 5. The largest absolute Gasteiger partial charge is 0.478 e. The van der Waals surface area contributed by atoms with E-state index < -0.39 is 30.1 Å². The lowest BCUT2D eigenvalue weighted by Gasteiger charge is -2.28. The van der Waals surface area contributed by atoms with Gasteiger partial charge in [0.25, 0.3) is 0 Å². The van der Waals surface area contributed by atoms with E-state index in [0.29, 0.717) is 16.4 Å². The summed E-state index contributed by atoms with van der Waals surface area (Å²) >= 11 is 7.52. The van der Waals surface area contributed by atoms with Gasteiger partial charge < -0.3 is 15.5 Å². The second kappa shape index (κ2) is 8.38. The number of aliphatic imine (C=N–C) groups is 1. The fourth-order valence-corrected chi connectivity index (χ4v) is 4.40. The molecule has 2 aliphatic rings. The molecule has 3 atom stereocenters. The van der Waals surface area contributed by atoms with Crippen LogP contribution in [0, 0.1) is 5.82 Å². The van der Waals surface area contributed by atoms with E-state index in [1.54, 1.807) is 16.5 Å². The third-order valence-corrected chi connectivity index (χ3v) is 6.03. The summed E-state index contributed by atoms with van der Waals surface area (Å²) in [5.74, 6) is -1.45. The van der Waals surface area contributed by atoms with Gasteiger partial charge in [-0.05, 0) is 12.1 Å². The molecule has 7 nitrogen and oxygen atoms in total. The number of carbonyl (C=O) groups is 1. The standard InChI is InChI=1S/C19H17ClF2N4O3S/c20-11-5-9(21)1-2-10(11)16-15(19(28)29)13(7-26-6-12(22)14(27)8-26)24-17(25-16)18-23-3-4-30-18/h1-5,12,14,16,27H,6-8H2,(H,24,25)(H,28,29)/t12-,14-,16?/m1/s1. The number of halogens is 3. The minimum absolute atomic E-state index is 0.0229. The quantitative estimate of drug-likeness (QED) is 0.641. The number of aromatic nitrogens is 1. The van der Waals surface area contributed by atoms with E-state index in [2.05, 4.69) is 15.3 Å². The van der Waals surface area contributed by atoms with Crippen molar-refractivity contribution in [3.63, 3.8) is 0 Å². The molecular formula is C19H17ClF2N4O3S. The number of thiazole rings is 1. The molecule has 3 N–H and O–H groups in total. The van der Waals surface area contributed by atoms with E-state index in [1.807, 2.05) is 0 Å². The first-order chi connectivity index (χ1) is 14.3. The Hall–Kier alpha value is -2.40. The van der Waals surface area contributed by atoms with Crippen molar-refractivity contribution in [2.75, 3.05) is 19.6 Å². The number of β-amino-alcohol motifs (C(OH)–C–C–N with tert-alkyl or cyclic N) is 1. The number of hydrogen-bond donors (Lipinski definition) is 3. The minimum atomic E-state index is -1.41. The van der Waals surface area contributed by atoms with Crippen LogP contribution in [0.25, 0.3) is 0 Å². The lowest BCUT2D eigenvalue weighted by atomic mass is 9.95. The average molecular weight is 455 g/mol. The minimum Gasteiger partial charge on any atom is -0.478 e. The van der Waals surface area contributed by atoms with Gasteiger partial charge in [-0.25, -0.2) is 18.6 Å². The number of amidine groups is 1. The highest BCUT2D eigenvalue weighted by Crippen LogP contribution is 2.36. The third-order valence-electron chi connectivity index (χ3n) is 4.93. The molecule has 0 saturated carbocycles. The van der Waals surface area contributed by atoms with Crippen LogP contribution in [0.3, 0.4) is 0 Å². The van der Waals surface area contributed by atoms with E-state index in [9.17, 15) is 23.8 Å². The fourth-order valence-electron chi connectivity index (χ4n) is 3.54. The Morgan fingerprint density at radius 2 is 2.20 bits per heavy atom. The number of nitrogens with one attached hydrogen (secondary N) is 1. The summed E-state index contributed by atoms with van der Waals surface area (Å²) in [5.41, 5.74) is 0.531. The van der Waals surface area contributed by atoms with Crippen molar-refractivity contribution < 1.29 is 23.8 Å². The molecule has 1 fully saturated rings. The Labute approximate surface area is 179 Å². The molecule has 11 heteroatoms. The average Bonchev–Trinajstić information content (AvgIpc) is 3.31. The first-order valence-electron chi connectivity index (χ1n) is 9.04. The number of alkyl halides is 1. The summed E-state index contributed by atoms with van der Waals surface area (Å²) in [6.07, 6.45) is -0.946. The van der Waals surface area contributed by atoms with Gasteiger partial charge in [0.1, 0.15) is 18.0 Å². The van der Waals surface area contributed by atoms with Gasteiger partial charge in [0.05, 0.1) is 11.7 Å². The number of hydrogen-bond acceptors (Lipinski definition) is 7. The molecule has 3 heterocycles. The summed E-state index contributed by atoms with van der Waals surface area (Å²) in [4.78, 5) is 22.5. The zero-order valence-corrected chi connectivity index (χ0v) is 17.0. The Morgan fingerprint density at radius 1 is 1.40 bits per heavy atom. The van der Waals surface area contributed by atoms with Crippen molar-refractivity contribution in [1.29, 1.82) is 0 Å². The summed E-state index contributed by atoms with van der Waals surface area (Å²) < 4.78 is 27.3. The van der Waals surface area contributed by atoms with Crippen LogP contribution in [-0.4, -0.2) is 63.8 Å².